The molecular weight excluding hydrogens is 559 g/mol. The molecule has 0 saturated heterocycles. The van der Waals surface area contributed by atoms with Crippen LogP contribution in [0.4, 0.5) is 0 Å². The van der Waals surface area contributed by atoms with Gasteiger partial charge in [-0.2, -0.15) is 0 Å². The van der Waals surface area contributed by atoms with E-state index in [9.17, 15) is 4.79 Å². The number of pyridine rings is 2. The van der Waals surface area contributed by atoms with E-state index in [0.717, 1.165) is 21.9 Å². The van der Waals surface area contributed by atoms with Crippen molar-refractivity contribution in [2.24, 2.45) is 0 Å². The van der Waals surface area contributed by atoms with Crippen LogP contribution >= 0.6 is 11.8 Å². The summed E-state index contributed by atoms with van der Waals surface area (Å²) in [6.45, 7) is 0. The van der Waals surface area contributed by atoms with Crippen LogP contribution in [0.1, 0.15) is 10.5 Å². The number of carbonyl (C=O) groups is 1. The van der Waals surface area contributed by atoms with E-state index in [4.69, 9.17) is 14.6 Å². The summed E-state index contributed by atoms with van der Waals surface area (Å²) in [4.78, 5) is 19.2. The van der Waals surface area contributed by atoms with E-state index in [0.29, 0.717) is 5.75 Å². The van der Waals surface area contributed by atoms with Gasteiger partial charge in [-0.3, -0.25) is 0 Å². The van der Waals surface area contributed by atoms with Crippen LogP contribution in [0.25, 0.3) is 11.3 Å². The SMILES string of the molecule is COc1c[c-]c(-c2cc(SC)ccn2)c(OC)c1.O=C(O)c1ccccn1.[Pt]. The number of nitrogens with zero attached hydrogens (tertiary/aromatic N) is 2. The normalized spacial score (nSPS) is 9.39. The van der Waals surface area contributed by atoms with Gasteiger partial charge in [0.2, 0.25) is 0 Å². The largest absolute Gasteiger partial charge is 0.540 e. The summed E-state index contributed by atoms with van der Waals surface area (Å²) in [6, 6.07) is 15.5. The molecule has 0 aliphatic carbocycles. The van der Waals surface area contributed by atoms with Gasteiger partial charge in [0, 0.05) is 49.9 Å². The molecule has 0 spiro atoms. The second-order valence-electron chi connectivity index (χ2n) is 5.08. The van der Waals surface area contributed by atoms with Gasteiger partial charge in [-0.25, -0.2) is 9.78 Å². The number of carboxylic acids is 1. The average Bonchev–Trinajstić information content (AvgIpc) is 2.74. The number of hydrogen-bond donors (Lipinski definition) is 1. The molecule has 0 unspecified atom stereocenters. The minimum atomic E-state index is -0.990. The van der Waals surface area contributed by atoms with E-state index < -0.39 is 5.97 Å². The smallest absolute Gasteiger partial charge is 0.354 e. The van der Waals surface area contributed by atoms with Gasteiger partial charge in [0.15, 0.2) is 0 Å². The molecule has 0 aliphatic rings. The number of benzene rings is 1. The van der Waals surface area contributed by atoms with E-state index in [-0.39, 0.29) is 26.8 Å². The molecule has 150 valence electrons. The Morgan fingerprint density at radius 2 is 1.89 bits per heavy atom. The zero-order valence-corrected chi connectivity index (χ0v) is 18.6. The van der Waals surface area contributed by atoms with Crippen LogP contribution in [-0.4, -0.2) is 41.5 Å². The summed E-state index contributed by atoms with van der Waals surface area (Å²) in [7, 11) is 3.25. The Morgan fingerprint density at radius 1 is 1.11 bits per heavy atom. The Labute approximate surface area is 182 Å². The van der Waals surface area contributed by atoms with Crippen molar-refractivity contribution < 1.29 is 40.4 Å². The van der Waals surface area contributed by atoms with E-state index in [1.807, 2.05) is 24.5 Å². The van der Waals surface area contributed by atoms with Gasteiger partial charge < -0.3 is 19.6 Å². The van der Waals surface area contributed by atoms with Crippen molar-refractivity contribution in [3.8, 4) is 22.8 Å². The Kier molecular flexibility index (Phi) is 10.3. The van der Waals surface area contributed by atoms with Crippen LogP contribution in [-0.2, 0) is 21.1 Å². The third-order valence-corrected chi connectivity index (χ3v) is 4.17. The van der Waals surface area contributed by atoms with E-state index >= 15 is 0 Å². The quantitative estimate of drug-likeness (QED) is 0.361. The van der Waals surface area contributed by atoms with E-state index in [2.05, 4.69) is 16.0 Å². The summed E-state index contributed by atoms with van der Waals surface area (Å²) in [6.07, 6.45) is 5.27. The fourth-order valence-corrected chi connectivity index (χ4v) is 2.53. The van der Waals surface area contributed by atoms with E-state index in [1.165, 1.54) is 12.3 Å². The molecule has 0 radical (unpaired) electrons. The maximum absolute atomic E-state index is 10.1. The van der Waals surface area contributed by atoms with Crippen LogP contribution in [0.15, 0.2) is 59.8 Å². The van der Waals surface area contributed by atoms with Gasteiger partial charge >= 0.3 is 5.97 Å². The van der Waals surface area contributed by atoms with Crippen molar-refractivity contribution in [1.82, 2.24) is 9.97 Å². The predicted octanol–water partition coefficient (Wildman–Crippen LogP) is 4.07. The molecule has 0 bridgehead atoms. The zero-order chi connectivity index (χ0) is 19.6. The number of thioether (sulfide) groups is 1. The first-order valence-electron chi connectivity index (χ1n) is 7.87. The van der Waals surface area contributed by atoms with Crippen molar-refractivity contribution in [3.63, 3.8) is 0 Å². The molecule has 0 amide bonds. The molecule has 0 aliphatic heterocycles. The molecule has 1 N–H and O–H groups in total. The van der Waals surface area contributed by atoms with Gasteiger partial charge in [-0.05, 0) is 30.1 Å². The molecule has 6 nitrogen and oxygen atoms in total. The van der Waals surface area contributed by atoms with Crippen molar-refractivity contribution in [2.75, 3.05) is 20.5 Å². The Bertz CT molecular complexity index is 894. The summed E-state index contributed by atoms with van der Waals surface area (Å²) in [5.41, 5.74) is 1.77. The first-order valence-corrected chi connectivity index (χ1v) is 9.10. The Hall–Kier alpha value is -2.37. The third kappa shape index (κ3) is 6.66. The molecule has 3 rings (SSSR count). The molecule has 28 heavy (non-hydrogen) atoms. The van der Waals surface area contributed by atoms with Gasteiger partial charge in [0.1, 0.15) is 5.69 Å². The predicted molar refractivity (Wildman–Crippen MR) is 105 cm³/mol. The Balaban J connectivity index is 0.000000332. The van der Waals surface area contributed by atoms with Crippen molar-refractivity contribution >= 4 is 17.7 Å². The fourth-order valence-electron chi connectivity index (χ4n) is 2.10. The number of carboxylic acid groups (broad SMARTS) is 1. The fraction of sp³-hybridized carbons (Fsp3) is 0.150. The number of rotatable bonds is 5. The second-order valence-corrected chi connectivity index (χ2v) is 5.96. The Morgan fingerprint density at radius 3 is 2.43 bits per heavy atom. The van der Waals surface area contributed by atoms with Crippen molar-refractivity contribution in [3.05, 3.63) is 66.6 Å². The van der Waals surface area contributed by atoms with Gasteiger partial charge in [0.05, 0.1) is 14.2 Å². The minimum absolute atomic E-state index is 0. The average molecular weight is 579 g/mol. The number of hydrogen-bond acceptors (Lipinski definition) is 6. The van der Waals surface area contributed by atoms with E-state index in [1.54, 1.807) is 50.4 Å². The monoisotopic (exact) mass is 578 g/mol. The number of methoxy groups -OCH3 is 2. The van der Waals surface area contributed by atoms with Crippen LogP contribution in [0, 0.1) is 6.07 Å². The number of aromatic nitrogens is 2. The zero-order valence-electron chi connectivity index (χ0n) is 15.5. The van der Waals surface area contributed by atoms with Crippen LogP contribution in [0.3, 0.4) is 0 Å². The minimum Gasteiger partial charge on any atom is -0.540 e. The molecule has 8 heteroatoms. The second kappa shape index (κ2) is 12.2. The standard InChI is InChI=1S/C14H14NO2S.C6H5NO2.Pt/c1-16-10-4-5-12(14(8-10)17-2)13-9-11(18-3)6-7-15-13;8-6(9)5-3-1-2-4-7-5;/h4,6-9H,1-3H3;1-4H,(H,8,9);/q-1;;. The van der Waals surface area contributed by atoms with Crippen LogP contribution in [0.2, 0.25) is 0 Å². The van der Waals surface area contributed by atoms with Crippen LogP contribution in [0.5, 0.6) is 11.5 Å². The van der Waals surface area contributed by atoms with Gasteiger partial charge in [-0.1, -0.05) is 23.8 Å². The molecule has 1 aromatic carbocycles. The van der Waals surface area contributed by atoms with Crippen molar-refractivity contribution in [1.29, 1.82) is 0 Å². The molecule has 0 atom stereocenters. The molecular formula is C20H19N2O4PtS-. The van der Waals surface area contributed by atoms with Gasteiger partial charge in [-0.15, -0.1) is 23.9 Å². The van der Waals surface area contributed by atoms with Gasteiger partial charge in [0.25, 0.3) is 0 Å². The molecule has 3 aromatic rings. The number of aromatic carboxylic acids is 1. The topological polar surface area (TPSA) is 81.5 Å². The summed E-state index contributed by atoms with van der Waals surface area (Å²) < 4.78 is 10.5. The first kappa shape index (κ1) is 23.7. The summed E-state index contributed by atoms with van der Waals surface area (Å²) in [5.74, 6) is 0.437. The van der Waals surface area contributed by atoms with Crippen molar-refractivity contribution in [2.45, 2.75) is 4.90 Å². The summed E-state index contributed by atoms with van der Waals surface area (Å²) in [5, 5.41) is 8.32. The number of ether oxygens (including phenoxy) is 2. The maximum atomic E-state index is 10.1. The maximum Gasteiger partial charge on any atom is 0.354 e. The third-order valence-electron chi connectivity index (χ3n) is 3.44. The molecule has 0 saturated carbocycles. The molecule has 2 heterocycles. The molecule has 0 fully saturated rings. The first-order chi connectivity index (χ1) is 13.1. The summed E-state index contributed by atoms with van der Waals surface area (Å²) >= 11 is 1.68. The van der Waals surface area contributed by atoms with Crippen LogP contribution < -0.4 is 9.47 Å². The molecule has 2 aromatic heterocycles.